The van der Waals surface area contributed by atoms with Crippen LogP contribution in [0.2, 0.25) is 0 Å². The molecule has 0 aliphatic carbocycles. The van der Waals surface area contributed by atoms with E-state index in [1.807, 2.05) is 0 Å². The molecule has 0 bridgehead atoms. The molecule has 1 unspecified atom stereocenters. The van der Waals surface area contributed by atoms with Gasteiger partial charge in [0.1, 0.15) is 6.61 Å². The van der Waals surface area contributed by atoms with E-state index in [1.165, 1.54) is 6.92 Å². The lowest BCUT2D eigenvalue weighted by molar-refractivity contribution is -0.414. The van der Waals surface area contributed by atoms with Crippen molar-refractivity contribution in [3.63, 3.8) is 0 Å². The van der Waals surface area contributed by atoms with Crippen LogP contribution >= 0.6 is 0 Å². The number of carboxylic acid groups (broad SMARTS) is 1. The molecular formula is C19H22F12O6. The van der Waals surface area contributed by atoms with Crippen LogP contribution in [0.1, 0.15) is 40.0 Å². The van der Waals surface area contributed by atoms with E-state index >= 15 is 0 Å². The summed E-state index contributed by atoms with van der Waals surface area (Å²) in [6.07, 6.45) is -6.93. The number of aliphatic carboxylic acids is 1. The van der Waals surface area contributed by atoms with Crippen molar-refractivity contribution in [1.29, 1.82) is 0 Å². The molecule has 6 nitrogen and oxygen atoms in total. The summed E-state index contributed by atoms with van der Waals surface area (Å²) in [7, 11) is 0. The number of carbonyl (C=O) groups excluding carboxylic acids is 2. The highest BCUT2D eigenvalue weighted by Crippen LogP contribution is 2.58. The maximum atomic E-state index is 13.8. The fourth-order valence-corrected chi connectivity index (χ4v) is 2.67. The van der Waals surface area contributed by atoms with Gasteiger partial charge in [0.2, 0.25) is 0 Å². The van der Waals surface area contributed by atoms with E-state index in [-0.39, 0.29) is 6.42 Å². The second kappa shape index (κ2) is 11.5. The van der Waals surface area contributed by atoms with Gasteiger partial charge in [-0.15, -0.1) is 0 Å². The predicted molar refractivity (Wildman–Crippen MR) is 97.1 cm³/mol. The summed E-state index contributed by atoms with van der Waals surface area (Å²) in [5.41, 5.74) is -2.02. The summed E-state index contributed by atoms with van der Waals surface area (Å²) < 4.78 is 167. The Hall–Kier alpha value is -2.43. The van der Waals surface area contributed by atoms with Gasteiger partial charge in [0, 0.05) is 0 Å². The van der Waals surface area contributed by atoms with Crippen LogP contribution in [-0.4, -0.2) is 72.3 Å². The van der Waals surface area contributed by atoms with Crippen molar-refractivity contribution in [3.05, 3.63) is 0 Å². The van der Waals surface area contributed by atoms with Crippen molar-refractivity contribution in [3.8, 4) is 0 Å². The van der Waals surface area contributed by atoms with Gasteiger partial charge in [0.15, 0.2) is 6.61 Å². The summed E-state index contributed by atoms with van der Waals surface area (Å²) in [6.45, 7) is -0.458. The first-order chi connectivity index (χ1) is 16.3. The zero-order chi connectivity index (χ0) is 29.8. The molecule has 1 N–H and O–H groups in total. The molecule has 0 radical (unpaired) electrons. The van der Waals surface area contributed by atoms with Crippen molar-refractivity contribution in [2.45, 2.75) is 76.1 Å². The standard InChI is InChI=1S/C19H22F12O6/c1-4-9(11(34)36-6-5-10(32)33)7-14(2,3)13(35)37-8-15(22,23)17(26,27)19(30,31)18(28,29)16(24,25)12(20)21/h9,12H,4-8H2,1-3H3,(H,32,33). The molecule has 1 atom stereocenters. The first-order valence-corrected chi connectivity index (χ1v) is 10.1. The molecule has 0 fully saturated rings. The second-order valence-corrected chi connectivity index (χ2v) is 8.43. The molecule has 0 aromatic heterocycles. The summed E-state index contributed by atoms with van der Waals surface area (Å²) in [4.78, 5) is 34.5. The number of hydrogen-bond acceptors (Lipinski definition) is 5. The van der Waals surface area contributed by atoms with Gasteiger partial charge in [-0.1, -0.05) is 6.92 Å². The smallest absolute Gasteiger partial charge is 0.384 e. The van der Waals surface area contributed by atoms with Crippen LogP contribution in [0.15, 0.2) is 0 Å². The molecule has 0 amide bonds. The maximum absolute atomic E-state index is 13.8. The highest BCUT2D eigenvalue weighted by molar-refractivity contribution is 5.78. The fraction of sp³-hybridized carbons (Fsp3) is 0.842. The van der Waals surface area contributed by atoms with Crippen LogP contribution in [0.25, 0.3) is 0 Å². The maximum Gasteiger partial charge on any atom is 0.384 e. The number of ether oxygens (including phenoxy) is 2. The van der Waals surface area contributed by atoms with Crippen molar-refractivity contribution >= 4 is 17.9 Å². The van der Waals surface area contributed by atoms with Gasteiger partial charge >= 0.3 is 53.9 Å². The largest absolute Gasteiger partial charge is 0.481 e. The van der Waals surface area contributed by atoms with Gasteiger partial charge in [-0.05, 0) is 26.7 Å². The van der Waals surface area contributed by atoms with Gasteiger partial charge in [-0.2, -0.15) is 43.9 Å². The van der Waals surface area contributed by atoms with Crippen LogP contribution < -0.4 is 0 Å². The minimum Gasteiger partial charge on any atom is -0.481 e. The number of esters is 2. The minimum absolute atomic E-state index is 0.0868. The van der Waals surface area contributed by atoms with Crippen molar-refractivity contribution in [2.75, 3.05) is 13.2 Å². The lowest BCUT2D eigenvalue weighted by Crippen LogP contribution is -2.69. The third-order valence-electron chi connectivity index (χ3n) is 5.02. The molecule has 0 rings (SSSR count). The normalized spacial score (nSPS) is 14.9. The first kappa shape index (κ1) is 34.6. The monoisotopic (exact) mass is 574 g/mol. The Bertz CT molecular complexity index is 828. The third kappa shape index (κ3) is 7.12. The Balaban J connectivity index is 5.64. The highest BCUT2D eigenvalue weighted by atomic mass is 19.4. The highest BCUT2D eigenvalue weighted by Gasteiger charge is 2.87. The van der Waals surface area contributed by atoms with Crippen LogP contribution in [-0.2, 0) is 23.9 Å². The van der Waals surface area contributed by atoms with E-state index < -0.39 is 91.3 Å². The molecule has 218 valence electrons. The van der Waals surface area contributed by atoms with Crippen LogP contribution in [0.5, 0.6) is 0 Å². The Labute approximate surface area is 201 Å². The number of alkyl halides is 12. The quantitative estimate of drug-likeness (QED) is 0.207. The summed E-state index contributed by atoms with van der Waals surface area (Å²) in [5, 5.41) is 8.50. The zero-order valence-electron chi connectivity index (χ0n) is 19.2. The number of halogens is 12. The predicted octanol–water partition coefficient (Wildman–Crippen LogP) is 5.43. The van der Waals surface area contributed by atoms with E-state index in [2.05, 4.69) is 9.47 Å². The summed E-state index contributed by atoms with van der Waals surface area (Å²) in [6, 6.07) is 0. The summed E-state index contributed by atoms with van der Waals surface area (Å²) in [5.74, 6) is -41.9. The fourth-order valence-electron chi connectivity index (χ4n) is 2.67. The third-order valence-corrected chi connectivity index (χ3v) is 5.02. The average molecular weight is 574 g/mol. The molecule has 0 aliphatic rings. The second-order valence-electron chi connectivity index (χ2n) is 8.43. The van der Waals surface area contributed by atoms with Gasteiger partial charge < -0.3 is 14.6 Å². The van der Waals surface area contributed by atoms with Crippen LogP contribution in [0.3, 0.4) is 0 Å². The van der Waals surface area contributed by atoms with Gasteiger partial charge in [-0.25, -0.2) is 8.78 Å². The summed E-state index contributed by atoms with van der Waals surface area (Å²) >= 11 is 0. The number of rotatable bonds is 15. The molecule has 0 aliphatic heterocycles. The first-order valence-electron chi connectivity index (χ1n) is 10.1. The molecule has 37 heavy (non-hydrogen) atoms. The topological polar surface area (TPSA) is 89.9 Å². The zero-order valence-corrected chi connectivity index (χ0v) is 19.2. The number of hydrogen-bond donors (Lipinski definition) is 1. The molecule has 18 heteroatoms. The van der Waals surface area contributed by atoms with Crippen LogP contribution in [0.4, 0.5) is 52.7 Å². The SMILES string of the molecule is CCC(CC(C)(C)C(=O)OCC(F)(F)C(F)(F)C(F)(F)C(F)(F)C(F)(F)C(F)F)C(=O)OCCC(=O)O. The molecule has 0 spiro atoms. The van der Waals surface area contributed by atoms with E-state index in [0.29, 0.717) is 0 Å². The molecule has 0 aromatic carbocycles. The lowest BCUT2D eigenvalue weighted by atomic mass is 9.81. The van der Waals surface area contributed by atoms with Gasteiger partial charge in [0.05, 0.1) is 17.8 Å². The van der Waals surface area contributed by atoms with E-state index in [1.54, 1.807) is 0 Å². The van der Waals surface area contributed by atoms with E-state index in [0.717, 1.165) is 13.8 Å². The van der Waals surface area contributed by atoms with Gasteiger partial charge in [0.25, 0.3) is 0 Å². The Morgan fingerprint density at radius 2 is 1.30 bits per heavy atom. The van der Waals surface area contributed by atoms with Crippen molar-refractivity contribution < 1.29 is 81.6 Å². The minimum atomic E-state index is -7.75. The molecule has 0 aromatic rings. The van der Waals surface area contributed by atoms with Crippen molar-refractivity contribution in [1.82, 2.24) is 0 Å². The molecule has 0 heterocycles. The van der Waals surface area contributed by atoms with E-state index in [4.69, 9.17) is 5.11 Å². The average Bonchev–Trinajstić information content (AvgIpc) is 2.74. The Morgan fingerprint density at radius 3 is 1.70 bits per heavy atom. The Morgan fingerprint density at radius 1 is 0.811 bits per heavy atom. The lowest BCUT2D eigenvalue weighted by Gasteiger charge is -2.39. The van der Waals surface area contributed by atoms with E-state index in [9.17, 15) is 67.1 Å². The van der Waals surface area contributed by atoms with Crippen molar-refractivity contribution in [2.24, 2.45) is 11.3 Å². The number of carbonyl (C=O) groups is 3. The molecular weight excluding hydrogens is 552 g/mol. The Kier molecular flexibility index (Phi) is 10.8. The van der Waals surface area contributed by atoms with Crippen LogP contribution in [0, 0.1) is 11.3 Å². The van der Waals surface area contributed by atoms with Gasteiger partial charge in [-0.3, -0.25) is 14.4 Å². The molecule has 0 saturated heterocycles. The number of carboxylic acids is 1. The molecule has 0 saturated carbocycles.